The summed E-state index contributed by atoms with van der Waals surface area (Å²) in [6.45, 7) is 11.0. The molecule has 2 rings (SSSR count). The van der Waals surface area contributed by atoms with Crippen LogP contribution in [0, 0.1) is 12.8 Å². The van der Waals surface area contributed by atoms with Gasteiger partial charge in [0.1, 0.15) is 0 Å². The number of nitrogens with zero attached hydrogens (tertiary/aromatic N) is 1. The number of rotatable bonds is 4. The van der Waals surface area contributed by atoms with Gasteiger partial charge >= 0.3 is 0 Å². The molecule has 2 unspecified atom stereocenters. The Labute approximate surface area is 122 Å². The highest BCUT2D eigenvalue weighted by Gasteiger charge is 2.23. The second-order valence-electron chi connectivity index (χ2n) is 5.78. The third-order valence-corrected chi connectivity index (χ3v) is 4.57. The average Bonchev–Trinajstić information content (AvgIpc) is 2.41. The standard InChI is InChI=1S/C16H25ClN2/c1-4-13(3)16-11-19(8-7-18-16)10-14-6-5-12(2)9-15(14)17/h5-6,9,13,16,18H,4,7-8,10-11H2,1-3H3. The third-order valence-electron chi connectivity index (χ3n) is 4.22. The van der Waals surface area contributed by atoms with Crippen molar-refractivity contribution in [2.75, 3.05) is 19.6 Å². The Kier molecular flexibility index (Phi) is 5.26. The number of piperazine rings is 1. The molecule has 0 amide bonds. The number of hydrogen-bond acceptors (Lipinski definition) is 2. The molecular weight excluding hydrogens is 256 g/mol. The molecule has 0 aliphatic carbocycles. The molecule has 1 aromatic rings. The largest absolute Gasteiger partial charge is 0.311 e. The van der Waals surface area contributed by atoms with E-state index >= 15 is 0 Å². The van der Waals surface area contributed by atoms with E-state index in [4.69, 9.17) is 11.6 Å². The van der Waals surface area contributed by atoms with E-state index in [1.807, 2.05) is 0 Å². The van der Waals surface area contributed by atoms with Crippen molar-refractivity contribution in [1.29, 1.82) is 0 Å². The monoisotopic (exact) mass is 280 g/mol. The van der Waals surface area contributed by atoms with Crippen molar-refractivity contribution < 1.29 is 0 Å². The number of nitrogens with one attached hydrogen (secondary N) is 1. The van der Waals surface area contributed by atoms with Crippen molar-refractivity contribution in [3.63, 3.8) is 0 Å². The molecule has 1 heterocycles. The summed E-state index contributed by atoms with van der Waals surface area (Å²) in [4.78, 5) is 2.52. The fourth-order valence-corrected chi connectivity index (χ4v) is 2.97. The molecule has 0 saturated carbocycles. The molecule has 1 saturated heterocycles. The molecule has 1 N–H and O–H groups in total. The second kappa shape index (κ2) is 6.74. The van der Waals surface area contributed by atoms with Crippen LogP contribution in [0.2, 0.25) is 5.02 Å². The zero-order valence-electron chi connectivity index (χ0n) is 12.2. The fourth-order valence-electron chi connectivity index (χ4n) is 2.67. The van der Waals surface area contributed by atoms with E-state index < -0.39 is 0 Å². The van der Waals surface area contributed by atoms with Crippen molar-refractivity contribution in [2.45, 2.75) is 39.8 Å². The van der Waals surface area contributed by atoms with Crippen molar-refractivity contribution in [2.24, 2.45) is 5.92 Å². The van der Waals surface area contributed by atoms with Crippen LogP contribution in [0.5, 0.6) is 0 Å². The van der Waals surface area contributed by atoms with Gasteiger partial charge in [-0.1, -0.05) is 44.0 Å². The van der Waals surface area contributed by atoms with Crippen molar-refractivity contribution >= 4 is 11.6 Å². The van der Waals surface area contributed by atoms with E-state index in [1.54, 1.807) is 0 Å². The third kappa shape index (κ3) is 3.95. The van der Waals surface area contributed by atoms with Crippen LogP contribution in [0.25, 0.3) is 0 Å². The molecular formula is C16H25ClN2. The normalized spacial score (nSPS) is 22.4. The van der Waals surface area contributed by atoms with E-state index in [1.165, 1.54) is 17.5 Å². The molecule has 1 aliphatic rings. The van der Waals surface area contributed by atoms with Crippen LogP contribution in [0.4, 0.5) is 0 Å². The number of benzene rings is 1. The summed E-state index contributed by atoms with van der Waals surface area (Å²) in [6, 6.07) is 6.99. The van der Waals surface area contributed by atoms with Gasteiger partial charge in [0.15, 0.2) is 0 Å². The topological polar surface area (TPSA) is 15.3 Å². The maximum absolute atomic E-state index is 6.33. The minimum atomic E-state index is 0.614. The first-order valence-corrected chi connectivity index (χ1v) is 7.68. The van der Waals surface area contributed by atoms with Gasteiger partial charge in [-0.15, -0.1) is 0 Å². The molecule has 1 aromatic carbocycles. The summed E-state index contributed by atoms with van der Waals surface area (Å²) in [5.74, 6) is 0.733. The maximum atomic E-state index is 6.33. The molecule has 2 atom stereocenters. The maximum Gasteiger partial charge on any atom is 0.0453 e. The van der Waals surface area contributed by atoms with E-state index in [2.05, 4.69) is 49.2 Å². The van der Waals surface area contributed by atoms with Gasteiger partial charge in [-0.3, -0.25) is 4.90 Å². The lowest BCUT2D eigenvalue weighted by Crippen LogP contribution is -2.52. The van der Waals surface area contributed by atoms with Crippen LogP contribution in [0.15, 0.2) is 18.2 Å². The molecule has 0 bridgehead atoms. The zero-order chi connectivity index (χ0) is 13.8. The van der Waals surface area contributed by atoms with Crippen LogP contribution in [-0.2, 0) is 6.54 Å². The lowest BCUT2D eigenvalue weighted by atomic mass is 9.97. The molecule has 0 spiro atoms. The molecule has 3 heteroatoms. The van der Waals surface area contributed by atoms with Gasteiger partial charge in [0, 0.05) is 37.2 Å². The molecule has 2 nitrogen and oxygen atoms in total. The van der Waals surface area contributed by atoms with Gasteiger partial charge in [-0.25, -0.2) is 0 Å². The summed E-state index contributed by atoms with van der Waals surface area (Å²) in [5.41, 5.74) is 2.48. The quantitative estimate of drug-likeness (QED) is 0.909. The summed E-state index contributed by atoms with van der Waals surface area (Å²) < 4.78 is 0. The zero-order valence-corrected chi connectivity index (χ0v) is 13.0. The molecule has 1 aliphatic heterocycles. The predicted octanol–water partition coefficient (Wildman–Crippen LogP) is 3.47. The Balaban J connectivity index is 1.98. The Morgan fingerprint density at radius 2 is 2.26 bits per heavy atom. The van der Waals surface area contributed by atoms with Gasteiger partial charge in [0.2, 0.25) is 0 Å². The van der Waals surface area contributed by atoms with Gasteiger partial charge < -0.3 is 5.32 Å². The first-order valence-electron chi connectivity index (χ1n) is 7.31. The van der Waals surface area contributed by atoms with Gasteiger partial charge in [-0.2, -0.15) is 0 Å². The molecule has 106 valence electrons. The summed E-state index contributed by atoms with van der Waals surface area (Å²) in [7, 11) is 0. The van der Waals surface area contributed by atoms with E-state index in [-0.39, 0.29) is 0 Å². The van der Waals surface area contributed by atoms with Crippen molar-refractivity contribution in [3.05, 3.63) is 34.3 Å². The van der Waals surface area contributed by atoms with Crippen LogP contribution in [0.1, 0.15) is 31.4 Å². The van der Waals surface area contributed by atoms with Gasteiger partial charge in [0.25, 0.3) is 0 Å². The van der Waals surface area contributed by atoms with Gasteiger partial charge in [-0.05, 0) is 30.0 Å². The van der Waals surface area contributed by atoms with Crippen LogP contribution in [-0.4, -0.2) is 30.6 Å². The summed E-state index contributed by atoms with van der Waals surface area (Å²) in [6.07, 6.45) is 1.23. The minimum Gasteiger partial charge on any atom is -0.311 e. The minimum absolute atomic E-state index is 0.614. The SMILES string of the molecule is CCC(C)C1CN(Cc2ccc(C)cc2Cl)CCN1. The highest BCUT2D eigenvalue weighted by Crippen LogP contribution is 2.21. The van der Waals surface area contributed by atoms with Crippen molar-refractivity contribution in [1.82, 2.24) is 10.2 Å². The molecule has 0 radical (unpaired) electrons. The first-order chi connectivity index (χ1) is 9.10. The summed E-state index contributed by atoms with van der Waals surface area (Å²) >= 11 is 6.33. The van der Waals surface area contributed by atoms with Crippen LogP contribution in [0.3, 0.4) is 0 Å². The van der Waals surface area contributed by atoms with E-state index in [9.17, 15) is 0 Å². The number of aryl methyl sites for hydroxylation is 1. The highest BCUT2D eigenvalue weighted by molar-refractivity contribution is 6.31. The Bertz CT molecular complexity index is 419. The average molecular weight is 281 g/mol. The fraction of sp³-hybridized carbons (Fsp3) is 0.625. The molecule has 1 fully saturated rings. The van der Waals surface area contributed by atoms with Crippen molar-refractivity contribution in [3.8, 4) is 0 Å². The second-order valence-corrected chi connectivity index (χ2v) is 6.18. The molecule has 19 heavy (non-hydrogen) atoms. The Morgan fingerprint density at radius 1 is 1.47 bits per heavy atom. The predicted molar refractivity (Wildman–Crippen MR) is 82.7 cm³/mol. The Morgan fingerprint density at radius 3 is 2.95 bits per heavy atom. The van der Waals surface area contributed by atoms with Crippen LogP contribution >= 0.6 is 11.6 Å². The lowest BCUT2D eigenvalue weighted by Gasteiger charge is -2.36. The smallest absolute Gasteiger partial charge is 0.0453 e. The van der Waals surface area contributed by atoms with Gasteiger partial charge in [0.05, 0.1) is 0 Å². The lowest BCUT2D eigenvalue weighted by molar-refractivity contribution is 0.162. The summed E-state index contributed by atoms with van der Waals surface area (Å²) in [5, 5.41) is 4.54. The van der Waals surface area contributed by atoms with Crippen LogP contribution < -0.4 is 5.32 Å². The molecule has 0 aromatic heterocycles. The first kappa shape index (κ1) is 14.8. The number of halogens is 1. The Hall–Kier alpha value is -0.570. The highest BCUT2D eigenvalue weighted by atomic mass is 35.5. The van der Waals surface area contributed by atoms with E-state index in [0.29, 0.717) is 6.04 Å². The van der Waals surface area contributed by atoms with E-state index in [0.717, 1.165) is 37.1 Å². The number of hydrogen-bond donors (Lipinski definition) is 1.